The van der Waals surface area contributed by atoms with Crippen molar-refractivity contribution in [2.45, 2.75) is 220 Å². The van der Waals surface area contributed by atoms with E-state index in [0.717, 1.165) is 23.7 Å². The lowest BCUT2D eigenvalue weighted by Crippen LogP contribution is -2.71. The number of benzene rings is 1. The summed E-state index contributed by atoms with van der Waals surface area (Å²) in [5.41, 5.74) is 7.33. The second-order valence-corrected chi connectivity index (χ2v) is 30.8. The molecular weight excluding hydrogens is 694 g/mol. The maximum Gasteiger partial charge on any atom is 0.0825 e. The Hall–Kier alpha value is -0.650. The summed E-state index contributed by atoms with van der Waals surface area (Å²) in [5.74, 6) is 3.40. The molecular formula is C56H80B2. The molecule has 2 heteroatoms. The molecule has 1 aromatic carbocycles. The van der Waals surface area contributed by atoms with E-state index in [9.17, 15) is 0 Å². The normalized spacial score (nSPS) is 62.1. The Balaban J connectivity index is 1.00. The zero-order valence-corrected chi connectivity index (χ0v) is 38.7. The van der Waals surface area contributed by atoms with Crippen molar-refractivity contribution < 1.29 is 0 Å². The number of hydrogen-bond acceptors (Lipinski definition) is 0. The van der Waals surface area contributed by atoms with Crippen LogP contribution in [0.5, 0.6) is 0 Å². The van der Waals surface area contributed by atoms with Crippen molar-refractivity contribution in [3.8, 4) is 0 Å². The predicted molar refractivity (Wildman–Crippen MR) is 241 cm³/mol. The highest BCUT2D eigenvalue weighted by Gasteiger charge is 2.76. The van der Waals surface area contributed by atoms with E-state index in [4.69, 9.17) is 15.7 Å². The van der Waals surface area contributed by atoms with Gasteiger partial charge in [0, 0.05) is 0 Å². The third-order valence-electron chi connectivity index (χ3n) is 23.6. The molecule has 16 bridgehead atoms. The summed E-state index contributed by atoms with van der Waals surface area (Å²) in [6.07, 6.45) is 33.6. The van der Waals surface area contributed by atoms with E-state index < -0.39 is 0 Å². The van der Waals surface area contributed by atoms with Crippen LogP contribution in [0, 0.1) is 88.7 Å². The summed E-state index contributed by atoms with van der Waals surface area (Å²) >= 11 is 0. The van der Waals surface area contributed by atoms with Gasteiger partial charge in [0.15, 0.2) is 0 Å². The van der Waals surface area contributed by atoms with Crippen LogP contribution < -0.4 is 0 Å². The van der Waals surface area contributed by atoms with Crippen LogP contribution in [0.25, 0.3) is 0 Å². The monoisotopic (exact) mass is 775 g/mol. The SMILES string of the molecule is [B]C(c1ccc(C([B])(C23CC4CC(C)(CC(C)(C4)C2)C3)C23CC4CC(C)(CC(C)(C4)C2)C3)cc1)(C12CC3CC(C)(CC(C)(C3)C1)C2)C12CC3CC(C)(CC(C)(C3)C1)C2. The van der Waals surface area contributed by atoms with Gasteiger partial charge in [0.2, 0.25) is 0 Å². The Bertz CT molecular complexity index is 1660. The van der Waals surface area contributed by atoms with Gasteiger partial charge >= 0.3 is 0 Å². The van der Waals surface area contributed by atoms with Gasteiger partial charge in [-0.25, -0.2) is 0 Å². The molecule has 1 aromatic rings. The van der Waals surface area contributed by atoms with Gasteiger partial charge in [-0.3, -0.25) is 0 Å². The van der Waals surface area contributed by atoms with Crippen LogP contribution in [0.3, 0.4) is 0 Å². The lowest BCUT2D eigenvalue weighted by Gasteiger charge is -2.78. The lowest BCUT2D eigenvalue weighted by atomic mass is 9.23. The van der Waals surface area contributed by atoms with E-state index in [-0.39, 0.29) is 32.3 Å². The van der Waals surface area contributed by atoms with E-state index in [2.05, 4.69) is 79.7 Å². The molecule has 58 heavy (non-hydrogen) atoms. The van der Waals surface area contributed by atoms with Gasteiger partial charge in [-0.15, -0.1) is 0 Å². The molecule has 0 saturated heterocycles. The summed E-state index contributed by atoms with van der Waals surface area (Å²) in [5, 5.41) is -0.605. The minimum absolute atomic E-state index is 0.182. The Morgan fingerprint density at radius 1 is 0.310 bits per heavy atom. The summed E-state index contributed by atoms with van der Waals surface area (Å²) < 4.78 is 0. The molecule has 17 rings (SSSR count). The predicted octanol–water partition coefficient (Wildman–Crippen LogP) is 14.4. The Morgan fingerprint density at radius 2 is 0.483 bits per heavy atom. The Labute approximate surface area is 358 Å². The summed E-state index contributed by atoms with van der Waals surface area (Å²) in [6, 6.07) is 10.9. The molecule has 0 heterocycles. The highest BCUT2D eigenvalue weighted by atomic mass is 14.8. The maximum absolute atomic E-state index is 8.94. The molecule has 4 radical (unpaired) electrons. The van der Waals surface area contributed by atoms with Crippen LogP contribution >= 0.6 is 0 Å². The second kappa shape index (κ2) is 10.3. The molecule has 8 atom stereocenters. The Kier molecular flexibility index (Phi) is 6.74. The van der Waals surface area contributed by atoms with E-state index in [1.807, 2.05) is 0 Å². The Morgan fingerprint density at radius 3 is 0.638 bits per heavy atom. The molecule has 16 aliphatic carbocycles. The van der Waals surface area contributed by atoms with Crippen molar-refractivity contribution >= 4 is 15.7 Å². The van der Waals surface area contributed by atoms with Gasteiger partial charge in [0.1, 0.15) is 0 Å². The summed E-state index contributed by atoms with van der Waals surface area (Å²) in [7, 11) is 17.9. The number of hydrogen-bond donors (Lipinski definition) is 0. The smallest absolute Gasteiger partial charge is 0.0596 e. The van der Waals surface area contributed by atoms with Gasteiger partial charge in [-0.1, -0.05) is 79.7 Å². The first kappa shape index (κ1) is 37.9. The van der Waals surface area contributed by atoms with Crippen molar-refractivity contribution in [2.24, 2.45) is 88.7 Å². The first-order valence-electron chi connectivity index (χ1n) is 25.5. The van der Waals surface area contributed by atoms with E-state index in [1.54, 1.807) is 0 Å². The van der Waals surface area contributed by atoms with E-state index in [1.165, 1.54) is 165 Å². The van der Waals surface area contributed by atoms with Crippen molar-refractivity contribution in [3.05, 3.63) is 35.4 Å². The van der Waals surface area contributed by atoms with Crippen LogP contribution in [0.15, 0.2) is 24.3 Å². The lowest BCUT2D eigenvalue weighted by molar-refractivity contribution is -0.227. The third kappa shape index (κ3) is 4.56. The summed E-state index contributed by atoms with van der Waals surface area (Å²) in [6.45, 7) is 21.7. The average Bonchev–Trinajstić information content (AvgIpc) is 3.01. The first-order chi connectivity index (χ1) is 26.8. The molecule has 8 unspecified atom stereocenters. The molecule has 16 saturated carbocycles. The fourth-order valence-electron chi connectivity index (χ4n) is 26.9. The fourth-order valence-corrected chi connectivity index (χ4v) is 26.9. The van der Waals surface area contributed by atoms with Gasteiger partial charge < -0.3 is 0 Å². The van der Waals surface area contributed by atoms with Crippen LogP contribution in [0.2, 0.25) is 0 Å². The van der Waals surface area contributed by atoms with Crippen molar-refractivity contribution in [1.29, 1.82) is 0 Å². The molecule has 16 fully saturated rings. The van der Waals surface area contributed by atoms with Crippen LogP contribution in [0.4, 0.5) is 0 Å². The van der Waals surface area contributed by atoms with Gasteiger partial charge in [0.25, 0.3) is 0 Å². The zero-order valence-electron chi connectivity index (χ0n) is 38.7. The molecule has 310 valence electrons. The standard InChI is InChI=1S/C56H80B2/c1-43-13-37-14-44(2,25-43)30-51(21-37,29-43)55(57,52-22-38-15-45(3,31-52)26-46(4,16-38)32-52)41-9-11-42(12-10-41)56(58,53-23-39-17-47(5,33-53)27-48(6,18-39)34-53)54-24-40-19-49(7,35-54)28-50(8,20-40)36-54/h9-12,37-40H,13-36H2,1-8H3. The highest BCUT2D eigenvalue weighted by molar-refractivity contribution is 6.18. The second-order valence-electron chi connectivity index (χ2n) is 30.8. The maximum atomic E-state index is 8.94. The summed E-state index contributed by atoms with van der Waals surface area (Å²) in [4.78, 5) is 0. The van der Waals surface area contributed by atoms with Gasteiger partial charge in [-0.05, 0) is 265 Å². The molecule has 0 aliphatic heterocycles. The van der Waals surface area contributed by atoms with Gasteiger partial charge in [0.05, 0.1) is 15.7 Å². The van der Waals surface area contributed by atoms with E-state index >= 15 is 0 Å². The van der Waals surface area contributed by atoms with Crippen molar-refractivity contribution in [1.82, 2.24) is 0 Å². The molecule has 0 amide bonds. The van der Waals surface area contributed by atoms with E-state index in [0.29, 0.717) is 43.3 Å². The molecule has 0 N–H and O–H groups in total. The zero-order chi connectivity index (χ0) is 40.3. The fraction of sp³-hybridized carbons (Fsp3) is 0.893. The molecule has 0 aromatic heterocycles. The van der Waals surface area contributed by atoms with Crippen LogP contribution in [-0.4, -0.2) is 15.7 Å². The molecule has 0 spiro atoms. The molecule has 16 aliphatic rings. The minimum atomic E-state index is -0.302. The topological polar surface area (TPSA) is 0 Å². The minimum Gasteiger partial charge on any atom is -0.0596 e. The van der Waals surface area contributed by atoms with Crippen molar-refractivity contribution in [2.75, 3.05) is 0 Å². The highest BCUT2D eigenvalue weighted by Crippen LogP contribution is 2.84. The first-order valence-corrected chi connectivity index (χ1v) is 25.5. The third-order valence-corrected chi connectivity index (χ3v) is 23.6. The van der Waals surface area contributed by atoms with Crippen molar-refractivity contribution in [3.63, 3.8) is 0 Å². The van der Waals surface area contributed by atoms with Crippen LogP contribution in [0.1, 0.15) is 221 Å². The largest absolute Gasteiger partial charge is 0.0825 e. The molecule has 0 nitrogen and oxygen atoms in total. The quantitative estimate of drug-likeness (QED) is 0.253. The average molecular weight is 775 g/mol. The van der Waals surface area contributed by atoms with Gasteiger partial charge in [-0.2, -0.15) is 0 Å². The number of rotatable bonds is 6. The van der Waals surface area contributed by atoms with Crippen LogP contribution in [-0.2, 0) is 10.6 Å².